The maximum Gasteiger partial charge on any atom is 0.250 e. The lowest BCUT2D eigenvalue weighted by Crippen LogP contribution is -2.45. The van der Waals surface area contributed by atoms with Crippen molar-refractivity contribution in [3.8, 4) is 0 Å². The molecular formula is C30H35NO2S2. The molecule has 35 heavy (non-hydrogen) atoms. The van der Waals surface area contributed by atoms with Crippen molar-refractivity contribution in [2.75, 3.05) is 5.75 Å². The van der Waals surface area contributed by atoms with Crippen molar-refractivity contribution in [2.45, 2.75) is 56.1 Å². The number of amides is 1. The average molecular weight is 506 g/mol. The summed E-state index contributed by atoms with van der Waals surface area (Å²) in [6, 6.07) is 29.4. The summed E-state index contributed by atoms with van der Waals surface area (Å²) in [5.41, 5.74) is 4.90. The van der Waals surface area contributed by atoms with E-state index < -0.39 is 0 Å². The fourth-order valence-electron chi connectivity index (χ4n) is 4.32. The molecule has 184 valence electrons. The van der Waals surface area contributed by atoms with Crippen LogP contribution in [0.2, 0.25) is 0 Å². The van der Waals surface area contributed by atoms with Crippen molar-refractivity contribution in [1.82, 2.24) is 5.06 Å². The molecule has 0 aliphatic carbocycles. The number of nitrogens with zero attached hydrogens (tertiary/aromatic N) is 1. The van der Waals surface area contributed by atoms with E-state index in [0.29, 0.717) is 6.61 Å². The van der Waals surface area contributed by atoms with E-state index in [1.165, 1.54) is 16.7 Å². The van der Waals surface area contributed by atoms with Gasteiger partial charge in [-0.15, -0.1) is 11.8 Å². The van der Waals surface area contributed by atoms with Gasteiger partial charge >= 0.3 is 0 Å². The summed E-state index contributed by atoms with van der Waals surface area (Å²) in [7, 11) is 0. The molecule has 1 aliphatic rings. The van der Waals surface area contributed by atoms with Gasteiger partial charge in [-0.3, -0.25) is 9.63 Å². The van der Waals surface area contributed by atoms with Crippen LogP contribution in [0.4, 0.5) is 0 Å². The molecule has 0 aromatic heterocycles. The molecule has 0 radical (unpaired) electrons. The van der Waals surface area contributed by atoms with Crippen molar-refractivity contribution in [1.29, 1.82) is 0 Å². The zero-order valence-electron chi connectivity index (χ0n) is 20.9. The van der Waals surface area contributed by atoms with Gasteiger partial charge in [0.05, 0.1) is 12.0 Å². The highest BCUT2D eigenvalue weighted by atomic mass is 32.2. The largest absolute Gasteiger partial charge is 0.272 e. The molecule has 1 saturated heterocycles. The number of carbonyl (C=O) groups is 1. The predicted molar refractivity (Wildman–Crippen MR) is 149 cm³/mol. The third-order valence-electron chi connectivity index (χ3n) is 6.53. The summed E-state index contributed by atoms with van der Waals surface area (Å²) in [5.74, 6) is 2.75. The molecule has 0 spiro atoms. The minimum Gasteiger partial charge on any atom is -0.272 e. The first kappa shape index (κ1) is 25.9. The maximum absolute atomic E-state index is 13.5. The molecule has 1 aliphatic heterocycles. The van der Waals surface area contributed by atoms with Crippen molar-refractivity contribution >= 4 is 29.4 Å². The summed E-state index contributed by atoms with van der Waals surface area (Å²) in [6.07, 6.45) is 0.823. The molecule has 3 aromatic carbocycles. The number of thioether (sulfide) groups is 2. The lowest BCUT2D eigenvalue weighted by Gasteiger charge is -2.36. The molecule has 0 bridgehead atoms. The summed E-state index contributed by atoms with van der Waals surface area (Å²) in [4.78, 5) is 19.8. The third kappa shape index (κ3) is 7.16. The Balaban J connectivity index is 1.43. The normalized spacial score (nSPS) is 18.3. The van der Waals surface area contributed by atoms with Gasteiger partial charge in [-0.25, -0.2) is 5.06 Å². The number of benzene rings is 3. The summed E-state index contributed by atoms with van der Waals surface area (Å²) >= 11 is 3.74. The zero-order chi connectivity index (χ0) is 24.7. The van der Waals surface area contributed by atoms with E-state index in [4.69, 9.17) is 4.84 Å². The molecule has 1 amide bonds. The second-order valence-electron chi connectivity index (χ2n) is 9.75. The van der Waals surface area contributed by atoms with Crippen LogP contribution in [-0.2, 0) is 27.7 Å². The number of aryl methyl sites for hydroxylation is 1. The van der Waals surface area contributed by atoms with E-state index >= 15 is 0 Å². The Morgan fingerprint density at radius 3 is 2.09 bits per heavy atom. The van der Waals surface area contributed by atoms with Crippen LogP contribution in [0.5, 0.6) is 0 Å². The van der Waals surface area contributed by atoms with E-state index in [-0.39, 0.29) is 22.6 Å². The van der Waals surface area contributed by atoms with Crippen molar-refractivity contribution < 1.29 is 9.63 Å². The van der Waals surface area contributed by atoms with E-state index in [9.17, 15) is 4.79 Å². The molecule has 2 atom stereocenters. The Kier molecular flexibility index (Phi) is 8.99. The first-order valence-electron chi connectivity index (χ1n) is 12.2. The first-order valence-corrected chi connectivity index (χ1v) is 14.4. The highest BCUT2D eigenvalue weighted by Crippen LogP contribution is 2.42. The molecule has 3 aromatic rings. The fourth-order valence-corrected chi connectivity index (χ4v) is 6.54. The minimum absolute atomic E-state index is 0.0245. The predicted octanol–water partition coefficient (Wildman–Crippen LogP) is 7.29. The van der Waals surface area contributed by atoms with Crippen LogP contribution in [0.3, 0.4) is 0 Å². The monoisotopic (exact) mass is 505 g/mol. The van der Waals surface area contributed by atoms with Crippen LogP contribution in [0, 0.1) is 12.8 Å². The molecule has 0 N–H and O–H groups in total. The molecule has 1 heterocycles. The molecule has 4 rings (SSSR count). The summed E-state index contributed by atoms with van der Waals surface area (Å²) < 4.78 is -0.141. The minimum atomic E-state index is -0.141. The maximum atomic E-state index is 13.5. The third-order valence-corrected chi connectivity index (χ3v) is 9.20. The van der Waals surface area contributed by atoms with Crippen LogP contribution in [0.25, 0.3) is 0 Å². The fraction of sp³-hybridized carbons (Fsp3) is 0.367. The molecule has 2 unspecified atom stereocenters. The van der Waals surface area contributed by atoms with Crippen molar-refractivity contribution in [2.24, 2.45) is 5.92 Å². The quantitative estimate of drug-likeness (QED) is 0.274. The molecule has 3 nitrogen and oxygen atoms in total. The summed E-state index contributed by atoms with van der Waals surface area (Å²) in [5, 5.41) is 1.71. The zero-order valence-corrected chi connectivity index (χ0v) is 22.5. The Morgan fingerprint density at radius 1 is 0.857 bits per heavy atom. The van der Waals surface area contributed by atoms with E-state index in [1.807, 2.05) is 35.7 Å². The average Bonchev–Trinajstić information content (AvgIpc) is 3.20. The first-order chi connectivity index (χ1) is 16.9. The highest BCUT2D eigenvalue weighted by Gasteiger charge is 2.47. The van der Waals surface area contributed by atoms with E-state index in [1.54, 1.807) is 5.06 Å². The smallest absolute Gasteiger partial charge is 0.250 e. The molecular weight excluding hydrogens is 470 g/mol. The standard InChI is InChI=1S/C30H35NO2S2/c1-23-14-16-24(17-15-23)19-33-31-28(30(2,3)35-21-26-12-8-5-9-13-26)18-27(29(31)32)22-34-20-25-10-6-4-7-11-25/h4-17,27-28H,18-22H2,1-3H3. The Hall–Kier alpha value is -2.21. The Labute approximate surface area is 218 Å². The lowest BCUT2D eigenvalue weighted by atomic mass is 9.98. The van der Waals surface area contributed by atoms with Gasteiger partial charge in [-0.05, 0) is 43.9 Å². The van der Waals surface area contributed by atoms with Gasteiger partial charge in [0, 0.05) is 22.0 Å². The van der Waals surface area contributed by atoms with Gasteiger partial charge in [0.15, 0.2) is 0 Å². The summed E-state index contributed by atoms with van der Waals surface area (Å²) in [6.45, 7) is 6.99. The number of hydroxylamine groups is 2. The van der Waals surface area contributed by atoms with Crippen LogP contribution in [0.15, 0.2) is 84.9 Å². The molecule has 1 fully saturated rings. The second-order valence-corrected chi connectivity index (χ2v) is 12.4. The van der Waals surface area contributed by atoms with Crippen LogP contribution < -0.4 is 0 Å². The SMILES string of the molecule is Cc1ccc(CON2C(=O)C(CSCc3ccccc3)CC2C(C)(C)SCc2ccccc2)cc1. The number of hydrogen-bond acceptors (Lipinski definition) is 4. The van der Waals surface area contributed by atoms with Crippen LogP contribution in [0.1, 0.15) is 42.5 Å². The molecule has 5 heteroatoms. The van der Waals surface area contributed by atoms with Crippen molar-refractivity contribution in [3.63, 3.8) is 0 Å². The van der Waals surface area contributed by atoms with Gasteiger partial charge in [0.25, 0.3) is 0 Å². The number of rotatable bonds is 11. The van der Waals surface area contributed by atoms with E-state index in [0.717, 1.165) is 29.2 Å². The van der Waals surface area contributed by atoms with Gasteiger partial charge in [-0.1, -0.05) is 90.5 Å². The molecule has 0 saturated carbocycles. The second kappa shape index (κ2) is 12.2. The van der Waals surface area contributed by atoms with Crippen LogP contribution in [-0.4, -0.2) is 27.5 Å². The number of carbonyl (C=O) groups excluding carboxylic acids is 1. The van der Waals surface area contributed by atoms with E-state index in [2.05, 4.69) is 93.6 Å². The topological polar surface area (TPSA) is 29.5 Å². The van der Waals surface area contributed by atoms with Crippen molar-refractivity contribution in [3.05, 3.63) is 107 Å². The Bertz CT molecular complexity index is 1070. The highest BCUT2D eigenvalue weighted by molar-refractivity contribution is 7.99. The van der Waals surface area contributed by atoms with Gasteiger partial charge in [0.2, 0.25) is 5.91 Å². The van der Waals surface area contributed by atoms with Crippen LogP contribution >= 0.6 is 23.5 Å². The lowest BCUT2D eigenvalue weighted by molar-refractivity contribution is -0.198. The van der Waals surface area contributed by atoms with Gasteiger partial charge < -0.3 is 0 Å². The van der Waals surface area contributed by atoms with Gasteiger partial charge in [-0.2, -0.15) is 11.8 Å². The number of hydrogen-bond donors (Lipinski definition) is 0. The van der Waals surface area contributed by atoms with Gasteiger partial charge in [0.1, 0.15) is 6.61 Å². The Morgan fingerprint density at radius 2 is 1.46 bits per heavy atom.